The fourth-order valence-corrected chi connectivity index (χ4v) is 4.63. The number of ketones is 1. The molecule has 0 spiro atoms. The van der Waals surface area contributed by atoms with Crippen LogP contribution in [0.1, 0.15) is 62.4 Å². The molecule has 1 saturated heterocycles. The monoisotopic (exact) mass is 513 g/mol. The minimum Gasteiger partial charge on any atom is -0.507 e. The van der Waals surface area contributed by atoms with E-state index in [1.165, 1.54) is 4.90 Å². The van der Waals surface area contributed by atoms with Crippen LogP contribution < -0.4 is 14.4 Å². The number of anilines is 1. The summed E-state index contributed by atoms with van der Waals surface area (Å²) in [7, 11) is 0. The van der Waals surface area contributed by atoms with Crippen LogP contribution in [-0.4, -0.2) is 29.5 Å². The van der Waals surface area contributed by atoms with Crippen molar-refractivity contribution < 1.29 is 24.2 Å². The van der Waals surface area contributed by atoms with Gasteiger partial charge in [0.15, 0.2) is 0 Å². The van der Waals surface area contributed by atoms with E-state index < -0.39 is 17.7 Å². The predicted octanol–water partition coefficient (Wildman–Crippen LogP) is 6.76. The van der Waals surface area contributed by atoms with Crippen molar-refractivity contribution in [2.45, 2.75) is 59.6 Å². The minimum atomic E-state index is -0.797. The van der Waals surface area contributed by atoms with Crippen LogP contribution in [0.25, 0.3) is 5.76 Å². The summed E-state index contributed by atoms with van der Waals surface area (Å²) in [5.74, 6) is -0.323. The zero-order valence-electron chi connectivity index (χ0n) is 22.7. The molecule has 6 heteroatoms. The van der Waals surface area contributed by atoms with Gasteiger partial charge >= 0.3 is 0 Å². The topological polar surface area (TPSA) is 76.1 Å². The predicted molar refractivity (Wildman–Crippen MR) is 150 cm³/mol. The normalized spacial score (nSPS) is 16.8. The van der Waals surface area contributed by atoms with Gasteiger partial charge in [0.05, 0.1) is 24.3 Å². The number of aliphatic hydroxyl groups excluding tert-OH is 1. The lowest BCUT2D eigenvalue weighted by atomic mass is 9.94. The van der Waals surface area contributed by atoms with E-state index in [1.54, 1.807) is 36.4 Å². The molecule has 0 aromatic heterocycles. The summed E-state index contributed by atoms with van der Waals surface area (Å²) >= 11 is 0. The van der Waals surface area contributed by atoms with Crippen LogP contribution in [-0.2, 0) is 16.0 Å². The number of aryl methyl sites for hydroxylation is 2. The van der Waals surface area contributed by atoms with E-state index in [2.05, 4.69) is 6.92 Å². The molecule has 0 radical (unpaired) electrons. The number of amides is 1. The van der Waals surface area contributed by atoms with Gasteiger partial charge in [0.1, 0.15) is 17.3 Å². The molecule has 1 unspecified atom stereocenters. The summed E-state index contributed by atoms with van der Waals surface area (Å²) in [5, 5.41) is 11.5. The maximum atomic E-state index is 13.5. The Balaban J connectivity index is 1.86. The molecule has 1 aliphatic heterocycles. The van der Waals surface area contributed by atoms with E-state index in [4.69, 9.17) is 9.47 Å². The lowest BCUT2D eigenvalue weighted by molar-refractivity contribution is -0.132. The van der Waals surface area contributed by atoms with Crippen LogP contribution in [0.2, 0.25) is 0 Å². The standard InChI is InChI=1S/C32H35NO5/c1-6-17-37-26-10-8-9-25(19-26)33-29(23-13-11-22(7-2)12-14-23)28(31(35)32(33)36)30(34)24-15-16-27(21(5)18-24)38-20(3)4/h8-16,18-20,29,34H,6-7,17H2,1-5H3/b30-28-. The van der Waals surface area contributed by atoms with Gasteiger partial charge in [-0.2, -0.15) is 0 Å². The quantitative estimate of drug-likeness (QED) is 0.194. The number of hydrogen-bond donors (Lipinski definition) is 1. The van der Waals surface area contributed by atoms with Crippen molar-refractivity contribution in [3.8, 4) is 11.5 Å². The van der Waals surface area contributed by atoms with Crippen LogP contribution in [0.3, 0.4) is 0 Å². The Hall–Kier alpha value is -4.06. The lowest BCUT2D eigenvalue weighted by Crippen LogP contribution is -2.29. The highest BCUT2D eigenvalue weighted by molar-refractivity contribution is 6.51. The summed E-state index contributed by atoms with van der Waals surface area (Å²) < 4.78 is 11.6. The second-order valence-corrected chi connectivity index (χ2v) is 9.76. The summed E-state index contributed by atoms with van der Waals surface area (Å²) in [5.41, 5.74) is 3.72. The molecule has 1 N–H and O–H groups in total. The van der Waals surface area contributed by atoms with Gasteiger partial charge < -0.3 is 14.6 Å². The van der Waals surface area contributed by atoms with Crippen molar-refractivity contribution in [2.75, 3.05) is 11.5 Å². The molecule has 1 fully saturated rings. The first-order valence-corrected chi connectivity index (χ1v) is 13.2. The van der Waals surface area contributed by atoms with Crippen LogP contribution in [0, 0.1) is 6.92 Å². The van der Waals surface area contributed by atoms with Crippen LogP contribution in [0.5, 0.6) is 11.5 Å². The number of benzene rings is 3. The summed E-state index contributed by atoms with van der Waals surface area (Å²) in [4.78, 5) is 28.5. The van der Waals surface area contributed by atoms with E-state index in [9.17, 15) is 14.7 Å². The van der Waals surface area contributed by atoms with Gasteiger partial charge in [-0.1, -0.05) is 44.2 Å². The smallest absolute Gasteiger partial charge is 0.300 e. The van der Waals surface area contributed by atoms with Crippen molar-refractivity contribution in [3.05, 3.63) is 94.6 Å². The molecule has 6 nitrogen and oxygen atoms in total. The van der Waals surface area contributed by atoms with Gasteiger partial charge in [-0.25, -0.2) is 0 Å². The van der Waals surface area contributed by atoms with Crippen molar-refractivity contribution in [1.29, 1.82) is 0 Å². The molecule has 0 aliphatic carbocycles. The number of ether oxygens (including phenoxy) is 2. The molecule has 0 saturated carbocycles. The molecule has 1 aliphatic rings. The molecule has 4 rings (SSSR count). The third kappa shape index (κ3) is 5.44. The molecule has 38 heavy (non-hydrogen) atoms. The second kappa shape index (κ2) is 11.5. The molecule has 0 bridgehead atoms. The summed E-state index contributed by atoms with van der Waals surface area (Å²) in [6.07, 6.45) is 1.71. The van der Waals surface area contributed by atoms with Gasteiger partial charge in [0.25, 0.3) is 11.7 Å². The van der Waals surface area contributed by atoms with Gasteiger partial charge in [-0.3, -0.25) is 14.5 Å². The fraction of sp³-hybridized carbons (Fsp3) is 0.312. The van der Waals surface area contributed by atoms with E-state index in [-0.39, 0.29) is 17.4 Å². The van der Waals surface area contributed by atoms with Gasteiger partial charge in [0, 0.05) is 17.3 Å². The number of aliphatic hydroxyl groups is 1. The molecule has 1 atom stereocenters. The molecule has 3 aromatic rings. The Labute approximate surface area is 224 Å². The highest BCUT2D eigenvalue weighted by Gasteiger charge is 2.47. The third-order valence-electron chi connectivity index (χ3n) is 6.53. The second-order valence-electron chi connectivity index (χ2n) is 9.76. The lowest BCUT2D eigenvalue weighted by Gasteiger charge is -2.26. The maximum absolute atomic E-state index is 13.5. The first-order valence-electron chi connectivity index (χ1n) is 13.2. The Bertz CT molecular complexity index is 1360. The Morgan fingerprint density at radius 1 is 1.00 bits per heavy atom. The van der Waals surface area contributed by atoms with Crippen LogP contribution in [0.15, 0.2) is 72.3 Å². The van der Waals surface area contributed by atoms with E-state index in [1.807, 2.05) is 58.0 Å². The Morgan fingerprint density at radius 2 is 1.74 bits per heavy atom. The zero-order valence-corrected chi connectivity index (χ0v) is 22.7. The number of hydrogen-bond acceptors (Lipinski definition) is 5. The first kappa shape index (κ1) is 27.0. The maximum Gasteiger partial charge on any atom is 0.300 e. The molecule has 1 heterocycles. The first-order chi connectivity index (χ1) is 18.2. The summed E-state index contributed by atoms with van der Waals surface area (Å²) in [6, 6.07) is 19.4. The van der Waals surface area contributed by atoms with E-state index >= 15 is 0 Å². The average molecular weight is 514 g/mol. The number of carbonyl (C=O) groups is 2. The van der Waals surface area contributed by atoms with Gasteiger partial charge in [0.2, 0.25) is 0 Å². The number of Topliss-reactive ketones (excluding diaryl/α,β-unsaturated/α-hetero) is 1. The SMILES string of the molecule is CCCOc1cccc(N2C(=O)C(=O)/C(=C(\O)c3ccc(OC(C)C)c(C)c3)C2c2ccc(CC)cc2)c1. The molecule has 1 amide bonds. The van der Waals surface area contributed by atoms with Crippen molar-refractivity contribution in [2.24, 2.45) is 0 Å². The zero-order chi connectivity index (χ0) is 27.4. The number of rotatable bonds is 9. The molecular formula is C32H35NO5. The highest BCUT2D eigenvalue weighted by Crippen LogP contribution is 2.43. The van der Waals surface area contributed by atoms with Crippen LogP contribution in [0.4, 0.5) is 5.69 Å². The molecule has 198 valence electrons. The van der Waals surface area contributed by atoms with Crippen molar-refractivity contribution in [1.82, 2.24) is 0 Å². The Morgan fingerprint density at radius 3 is 2.37 bits per heavy atom. The van der Waals surface area contributed by atoms with E-state index in [0.29, 0.717) is 29.4 Å². The van der Waals surface area contributed by atoms with Gasteiger partial charge in [-0.05, 0) is 80.6 Å². The number of carbonyl (C=O) groups excluding carboxylic acids is 2. The molecular weight excluding hydrogens is 478 g/mol. The Kier molecular flexibility index (Phi) is 8.20. The van der Waals surface area contributed by atoms with Crippen molar-refractivity contribution >= 4 is 23.1 Å². The van der Waals surface area contributed by atoms with Gasteiger partial charge in [-0.15, -0.1) is 0 Å². The fourth-order valence-electron chi connectivity index (χ4n) is 4.63. The summed E-state index contributed by atoms with van der Waals surface area (Å²) in [6.45, 7) is 10.4. The average Bonchev–Trinajstić information content (AvgIpc) is 3.18. The number of nitrogens with zero attached hydrogens (tertiary/aromatic N) is 1. The van der Waals surface area contributed by atoms with Crippen LogP contribution >= 0.6 is 0 Å². The third-order valence-corrected chi connectivity index (χ3v) is 6.53. The largest absolute Gasteiger partial charge is 0.507 e. The van der Waals surface area contributed by atoms with Crippen molar-refractivity contribution in [3.63, 3.8) is 0 Å². The van der Waals surface area contributed by atoms with E-state index in [0.717, 1.165) is 29.5 Å². The molecule has 3 aromatic carbocycles. The highest BCUT2D eigenvalue weighted by atomic mass is 16.5. The minimum absolute atomic E-state index is 0.00151.